The number of hydrogen-bond donors (Lipinski definition) is 1. The Morgan fingerprint density at radius 2 is 1.38 bits per heavy atom. The van der Waals surface area contributed by atoms with Crippen molar-refractivity contribution in [2.75, 3.05) is 47.2 Å². The molecule has 4 aromatic carbocycles. The summed E-state index contributed by atoms with van der Waals surface area (Å²) in [5, 5.41) is 0. The first-order valence-corrected chi connectivity index (χ1v) is 16.3. The number of rotatable bonds is 17. The van der Waals surface area contributed by atoms with Crippen LogP contribution in [0.2, 0.25) is 0 Å². The van der Waals surface area contributed by atoms with E-state index >= 15 is 0 Å². The summed E-state index contributed by atoms with van der Waals surface area (Å²) in [7, 11) is 3.17. The van der Waals surface area contributed by atoms with Gasteiger partial charge in [-0.2, -0.15) is 13.2 Å². The highest BCUT2D eigenvalue weighted by molar-refractivity contribution is 5.96. The molecule has 262 valence electrons. The summed E-state index contributed by atoms with van der Waals surface area (Å²) in [4.78, 5) is 18.0. The summed E-state index contributed by atoms with van der Waals surface area (Å²) in [5.41, 5.74) is 9.53. The minimum absolute atomic E-state index is 0.00462. The molecule has 2 N–H and O–H groups in total. The van der Waals surface area contributed by atoms with Gasteiger partial charge in [0.05, 0.1) is 51.0 Å². The summed E-state index contributed by atoms with van der Waals surface area (Å²) in [6.07, 6.45) is -3.55. The SMILES string of the molecule is COc1cccc(-c2nc(-c3ccc(C(F)(F)F)cc3)n(Cc3ccc(C(=O)CCCOCCOCCN)cc3)c2-c2cccc(OC)c2)c1. The number of ketones is 1. The van der Waals surface area contributed by atoms with E-state index < -0.39 is 11.7 Å². The smallest absolute Gasteiger partial charge is 0.416 e. The largest absolute Gasteiger partial charge is 0.497 e. The Bertz CT molecular complexity index is 1850. The van der Waals surface area contributed by atoms with Crippen molar-refractivity contribution < 1.29 is 36.9 Å². The zero-order chi connectivity index (χ0) is 35.5. The van der Waals surface area contributed by atoms with Crippen molar-refractivity contribution in [2.24, 2.45) is 5.73 Å². The predicted octanol–water partition coefficient (Wildman–Crippen LogP) is 7.92. The molecule has 0 radical (unpaired) electrons. The van der Waals surface area contributed by atoms with Gasteiger partial charge in [-0.3, -0.25) is 4.79 Å². The van der Waals surface area contributed by atoms with E-state index in [1.54, 1.807) is 26.4 Å². The lowest BCUT2D eigenvalue weighted by Gasteiger charge is -2.15. The zero-order valence-corrected chi connectivity index (χ0v) is 28.0. The van der Waals surface area contributed by atoms with Crippen molar-refractivity contribution in [1.82, 2.24) is 9.55 Å². The van der Waals surface area contributed by atoms with Crippen LogP contribution in [0.3, 0.4) is 0 Å². The molecule has 1 aromatic heterocycles. The quantitative estimate of drug-likeness (QED) is 0.0784. The Morgan fingerprint density at radius 3 is 2.00 bits per heavy atom. The van der Waals surface area contributed by atoms with Gasteiger partial charge in [0.25, 0.3) is 0 Å². The number of benzene rings is 4. The second-order valence-electron chi connectivity index (χ2n) is 11.5. The number of hydrogen-bond acceptors (Lipinski definition) is 7. The fraction of sp³-hybridized carbons (Fsp3) is 0.282. The van der Waals surface area contributed by atoms with Gasteiger partial charge in [-0.15, -0.1) is 0 Å². The molecule has 0 fully saturated rings. The van der Waals surface area contributed by atoms with Crippen LogP contribution < -0.4 is 15.2 Å². The summed E-state index contributed by atoms with van der Waals surface area (Å²) in [6, 6.07) is 27.4. The van der Waals surface area contributed by atoms with Crippen LogP contribution >= 0.6 is 0 Å². The van der Waals surface area contributed by atoms with Gasteiger partial charge in [0.1, 0.15) is 17.3 Å². The second kappa shape index (κ2) is 17.1. The lowest BCUT2D eigenvalue weighted by molar-refractivity contribution is -0.137. The molecule has 5 aromatic rings. The topological polar surface area (TPSA) is 97.8 Å². The van der Waals surface area contributed by atoms with Crippen molar-refractivity contribution in [3.05, 3.63) is 114 Å². The molecule has 0 bridgehead atoms. The Hall–Kier alpha value is -4.97. The third kappa shape index (κ3) is 9.17. The van der Waals surface area contributed by atoms with Gasteiger partial charge in [-0.25, -0.2) is 4.98 Å². The zero-order valence-electron chi connectivity index (χ0n) is 28.0. The normalized spacial score (nSPS) is 11.5. The first-order valence-electron chi connectivity index (χ1n) is 16.3. The van der Waals surface area contributed by atoms with E-state index in [0.717, 1.165) is 34.5 Å². The summed E-state index contributed by atoms with van der Waals surface area (Å²) >= 11 is 0. The molecule has 0 aliphatic rings. The molecular weight excluding hydrogens is 647 g/mol. The molecule has 0 unspecified atom stereocenters. The number of Topliss-reactive ketones (excluding diaryl/α,β-unsaturated/α-hetero) is 1. The summed E-state index contributed by atoms with van der Waals surface area (Å²) in [6.45, 7) is 2.62. The number of carbonyl (C=O) groups excluding carboxylic acids is 1. The Morgan fingerprint density at radius 1 is 0.760 bits per heavy atom. The van der Waals surface area contributed by atoms with Crippen molar-refractivity contribution >= 4 is 5.78 Å². The van der Waals surface area contributed by atoms with Crippen molar-refractivity contribution in [3.63, 3.8) is 0 Å². The van der Waals surface area contributed by atoms with E-state index in [1.165, 1.54) is 12.1 Å². The van der Waals surface area contributed by atoms with E-state index in [9.17, 15) is 18.0 Å². The number of imidazole rings is 1. The molecule has 50 heavy (non-hydrogen) atoms. The number of methoxy groups -OCH3 is 2. The molecule has 0 saturated carbocycles. The van der Waals surface area contributed by atoms with Gasteiger partial charge in [0.2, 0.25) is 0 Å². The lowest BCUT2D eigenvalue weighted by Crippen LogP contribution is -2.12. The van der Waals surface area contributed by atoms with Crippen LogP contribution in [0.5, 0.6) is 11.5 Å². The fourth-order valence-electron chi connectivity index (χ4n) is 5.53. The molecule has 0 aliphatic carbocycles. The lowest BCUT2D eigenvalue weighted by atomic mass is 10.0. The first-order chi connectivity index (χ1) is 24.2. The monoisotopic (exact) mass is 687 g/mol. The van der Waals surface area contributed by atoms with Crippen LogP contribution in [0.1, 0.15) is 34.3 Å². The highest BCUT2D eigenvalue weighted by Crippen LogP contribution is 2.39. The minimum atomic E-state index is -4.48. The molecule has 1 heterocycles. The van der Waals surface area contributed by atoms with Gasteiger partial charge >= 0.3 is 6.18 Å². The first kappa shape index (κ1) is 36.3. The van der Waals surface area contributed by atoms with Gasteiger partial charge in [-0.05, 0) is 48.4 Å². The Labute approximate surface area is 289 Å². The molecule has 0 atom stereocenters. The van der Waals surface area contributed by atoms with Gasteiger partial charge in [0, 0.05) is 48.4 Å². The van der Waals surface area contributed by atoms with Crippen LogP contribution in [0, 0.1) is 0 Å². The average Bonchev–Trinajstić information content (AvgIpc) is 3.51. The third-order valence-corrected chi connectivity index (χ3v) is 8.07. The van der Waals surface area contributed by atoms with E-state index in [-0.39, 0.29) is 5.78 Å². The molecule has 0 amide bonds. The number of carbonyl (C=O) groups is 1. The van der Waals surface area contributed by atoms with Crippen LogP contribution in [0.4, 0.5) is 13.2 Å². The van der Waals surface area contributed by atoms with Crippen LogP contribution in [0.25, 0.3) is 33.9 Å². The number of nitrogens with zero attached hydrogens (tertiary/aromatic N) is 2. The summed E-state index contributed by atoms with van der Waals surface area (Å²) < 4.78 is 64.4. The van der Waals surface area contributed by atoms with E-state index in [4.69, 9.17) is 29.7 Å². The highest BCUT2D eigenvalue weighted by atomic mass is 19.4. The highest BCUT2D eigenvalue weighted by Gasteiger charge is 2.30. The third-order valence-electron chi connectivity index (χ3n) is 8.07. The maximum Gasteiger partial charge on any atom is 0.416 e. The van der Waals surface area contributed by atoms with Gasteiger partial charge in [0.15, 0.2) is 5.78 Å². The summed E-state index contributed by atoms with van der Waals surface area (Å²) in [5.74, 6) is 1.75. The van der Waals surface area contributed by atoms with Crippen molar-refractivity contribution in [2.45, 2.75) is 25.6 Å². The maximum absolute atomic E-state index is 13.5. The molecule has 0 spiro atoms. The van der Waals surface area contributed by atoms with E-state index in [1.807, 2.05) is 65.2 Å². The van der Waals surface area contributed by atoms with Gasteiger partial charge in [-0.1, -0.05) is 60.7 Å². The molecule has 11 heteroatoms. The Kier molecular flexibility index (Phi) is 12.4. The molecule has 0 saturated heterocycles. The van der Waals surface area contributed by atoms with Crippen LogP contribution in [-0.2, 0) is 22.2 Å². The average molecular weight is 688 g/mol. The van der Waals surface area contributed by atoms with Crippen molar-refractivity contribution in [1.29, 1.82) is 0 Å². The van der Waals surface area contributed by atoms with E-state index in [0.29, 0.717) is 86.5 Å². The minimum Gasteiger partial charge on any atom is -0.497 e. The number of nitrogens with two attached hydrogens (primary N) is 1. The fourth-order valence-corrected chi connectivity index (χ4v) is 5.53. The van der Waals surface area contributed by atoms with Gasteiger partial charge < -0.3 is 29.2 Å². The molecule has 0 aliphatic heterocycles. The number of alkyl halides is 3. The van der Waals surface area contributed by atoms with E-state index in [2.05, 4.69) is 0 Å². The molecular formula is C39H40F3N3O5. The van der Waals surface area contributed by atoms with Crippen LogP contribution in [0.15, 0.2) is 97.1 Å². The predicted molar refractivity (Wildman–Crippen MR) is 186 cm³/mol. The number of halogens is 3. The second-order valence-corrected chi connectivity index (χ2v) is 11.5. The number of ether oxygens (including phenoxy) is 4. The Balaban J connectivity index is 1.50. The number of aromatic nitrogens is 2. The standard InChI is InChI=1S/C39H40F3N3O5/c1-47-33-8-3-6-30(24-33)36-37(31-7-4-9-34(25-31)48-2)45(38(44-36)29-15-17-32(18-16-29)39(40,41)42)26-27-11-13-28(14-12-27)35(46)10-5-20-49-22-23-50-21-19-43/h3-4,6-9,11-18,24-25H,5,10,19-23,26,43H2,1-2H3. The molecule has 5 rings (SSSR count). The maximum atomic E-state index is 13.5. The van der Waals surface area contributed by atoms with Crippen molar-refractivity contribution in [3.8, 4) is 45.4 Å². The molecule has 8 nitrogen and oxygen atoms in total. The van der Waals surface area contributed by atoms with Crippen LogP contribution in [-0.4, -0.2) is 62.5 Å².